The minimum absolute atomic E-state index is 0.117. The smallest absolute Gasteiger partial charge is 0.256 e. The van der Waals surface area contributed by atoms with Gasteiger partial charge in [-0.05, 0) is 24.3 Å². The summed E-state index contributed by atoms with van der Waals surface area (Å²) in [6.45, 7) is 0.649. The monoisotopic (exact) mass is 286 g/mol. The van der Waals surface area contributed by atoms with Crippen LogP contribution in [0.25, 0.3) is 5.69 Å². The van der Waals surface area contributed by atoms with E-state index < -0.39 is 6.10 Å². The molecule has 1 amide bonds. The summed E-state index contributed by atoms with van der Waals surface area (Å²) in [6, 6.07) is 11.0. The number of benzene rings is 1. The van der Waals surface area contributed by atoms with E-state index in [1.54, 1.807) is 18.0 Å². The normalized spacial score (nSPS) is 21.4. The molecule has 110 valence electrons. The maximum atomic E-state index is 12.7. The van der Waals surface area contributed by atoms with Gasteiger partial charge in [0.2, 0.25) is 0 Å². The van der Waals surface area contributed by atoms with Crippen LogP contribution >= 0.6 is 0 Å². The number of amides is 1. The van der Waals surface area contributed by atoms with E-state index in [4.69, 9.17) is 4.74 Å². The third-order valence-electron chi connectivity index (χ3n) is 3.86. The summed E-state index contributed by atoms with van der Waals surface area (Å²) >= 11 is 0. The average molecular weight is 286 g/mol. The minimum atomic E-state index is -0.627. The average Bonchev–Trinajstić information content (AvgIpc) is 3.17. The van der Waals surface area contributed by atoms with Gasteiger partial charge in [0.05, 0.1) is 36.6 Å². The van der Waals surface area contributed by atoms with Crippen molar-refractivity contribution < 1.29 is 14.6 Å². The summed E-state index contributed by atoms with van der Waals surface area (Å²) in [7, 11) is 1.71. The fourth-order valence-electron chi connectivity index (χ4n) is 2.62. The molecular weight excluding hydrogens is 268 g/mol. The van der Waals surface area contributed by atoms with E-state index in [0.29, 0.717) is 12.2 Å². The van der Waals surface area contributed by atoms with Crippen LogP contribution in [0.2, 0.25) is 0 Å². The molecule has 2 aromatic rings. The van der Waals surface area contributed by atoms with E-state index in [0.717, 1.165) is 5.69 Å². The Labute approximate surface area is 123 Å². The molecule has 1 aliphatic heterocycles. The summed E-state index contributed by atoms with van der Waals surface area (Å²) in [6.07, 6.45) is 3.18. The largest absolute Gasteiger partial charge is 0.388 e. The molecule has 0 aliphatic carbocycles. The molecule has 1 fully saturated rings. The molecular formula is C16H18N2O3. The van der Waals surface area contributed by atoms with Gasteiger partial charge in [0.15, 0.2) is 0 Å². The van der Waals surface area contributed by atoms with Gasteiger partial charge in [-0.25, -0.2) is 0 Å². The van der Waals surface area contributed by atoms with Crippen LogP contribution in [0.5, 0.6) is 0 Å². The van der Waals surface area contributed by atoms with E-state index in [2.05, 4.69) is 0 Å². The Kier molecular flexibility index (Phi) is 3.77. The molecule has 1 aromatic carbocycles. The number of carbonyl (C=O) groups is 1. The fraction of sp³-hybridized carbons (Fsp3) is 0.312. The van der Waals surface area contributed by atoms with Crippen molar-refractivity contribution in [2.45, 2.75) is 12.1 Å². The molecule has 1 aromatic heterocycles. The van der Waals surface area contributed by atoms with Crippen LogP contribution in [0.1, 0.15) is 10.4 Å². The van der Waals surface area contributed by atoms with E-state index in [1.165, 1.54) is 0 Å². The van der Waals surface area contributed by atoms with E-state index in [1.807, 2.05) is 47.3 Å². The van der Waals surface area contributed by atoms with Gasteiger partial charge in [0, 0.05) is 19.4 Å². The molecule has 3 rings (SSSR count). The first-order valence-corrected chi connectivity index (χ1v) is 6.94. The standard InChI is InChI=1S/C16H18N2O3/c1-17(14-10-21-11-15(14)19)16(20)12-6-2-3-7-13(12)18-8-4-5-9-18/h2-9,14-15,19H,10-11H2,1H3/t14-,15-/m1/s1. The molecule has 1 N–H and O–H groups in total. The topological polar surface area (TPSA) is 54.7 Å². The summed E-state index contributed by atoms with van der Waals surface area (Å²) in [5.74, 6) is -0.117. The molecule has 1 aliphatic rings. The molecule has 0 unspecified atom stereocenters. The van der Waals surface area contributed by atoms with E-state index in [9.17, 15) is 9.90 Å². The Bertz CT molecular complexity index is 624. The van der Waals surface area contributed by atoms with Crippen LogP contribution < -0.4 is 0 Å². The number of aromatic nitrogens is 1. The van der Waals surface area contributed by atoms with Crippen molar-refractivity contribution in [2.75, 3.05) is 20.3 Å². The van der Waals surface area contributed by atoms with Crippen molar-refractivity contribution in [3.63, 3.8) is 0 Å². The van der Waals surface area contributed by atoms with E-state index in [-0.39, 0.29) is 18.6 Å². The molecule has 5 heteroatoms. The van der Waals surface area contributed by atoms with Crippen molar-refractivity contribution in [1.29, 1.82) is 0 Å². The summed E-state index contributed by atoms with van der Waals surface area (Å²) in [5.41, 5.74) is 1.43. The lowest BCUT2D eigenvalue weighted by Gasteiger charge is -2.26. The summed E-state index contributed by atoms with van der Waals surface area (Å²) in [5, 5.41) is 9.88. The molecule has 21 heavy (non-hydrogen) atoms. The van der Waals surface area contributed by atoms with Crippen molar-refractivity contribution in [3.05, 3.63) is 54.4 Å². The Morgan fingerprint density at radius 1 is 1.24 bits per heavy atom. The lowest BCUT2D eigenvalue weighted by Crippen LogP contribution is -2.44. The van der Waals surface area contributed by atoms with Crippen molar-refractivity contribution in [2.24, 2.45) is 0 Å². The second kappa shape index (κ2) is 5.71. The highest BCUT2D eigenvalue weighted by Gasteiger charge is 2.33. The molecule has 2 heterocycles. The van der Waals surface area contributed by atoms with Crippen LogP contribution in [0, 0.1) is 0 Å². The zero-order valence-corrected chi connectivity index (χ0v) is 11.8. The van der Waals surface area contributed by atoms with Crippen molar-refractivity contribution in [3.8, 4) is 5.69 Å². The number of hydrogen-bond acceptors (Lipinski definition) is 3. The molecule has 0 bridgehead atoms. The first kappa shape index (κ1) is 13.9. The van der Waals surface area contributed by atoms with Crippen LogP contribution in [-0.2, 0) is 4.74 Å². The summed E-state index contributed by atoms with van der Waals surface area (Å²) in [4.78, 5) is 14.3. The van der Waals surface area contributed by atoms with Gasteiger partial charge in [0.1, 0.15) is 0 Å². The molecule has 0 saturated carbocycles. The zero-order valence-electron chi connectivity index (χ0n) is 11.8. The van der Waals surface area contributed by atoms with E-state index >= 15 is 0 Å². The predicted molar refractivity (Wildman–Crippen MR) is 78.5 cm³/mol. The van der Waals surface area contributed by atoms with Gasteiger partial charge >= 0.3 is 0 Å². The second-order valence-corrected chi connectivity index (χ2v) is 5.20. The number of para-hydroxylation sites is 1. The maximum Gasteiger partial charge on any atom is 0.256 e. The highest BCUT2D eigenvalue weighted by molar-refractivity contribution is 5.97. The molecule has 2 atom stereocenters. The quantitative estimate of drug-likeness (QED) is 0.925. The number of hydrogen-bond donors (Lipinski definition) is 1. The second-order valence-electron chi connectivity index (χ2n) is 5.20. The lowest BCUT2D eigenvalue weighted by atomic mass is 10.1. The third kappa shape index (κ3) is 2.57. The number of aliphatic hydroxyl groups excluding tert-OH is 1. The Balaban J connectivity index is 1.91. The summed E-state index contributed by atoms with van der Waals surface area (Å²) < 4.78 is 7.14. The fourth-order valence-corrected chi connectivity index (χ4v) is 2.62. The highest BCUT2D eigenvalue weighted by Crippen LogP contribution is 2.20. The zero-order chi connectivity index (χ0) is 14.8. The maximum absolute atomic E-state index is 12.7. The molecule has 1 saturated heterocycles. The van der Waals surface area contributed by atoms with Gasteiger partial charge in [-0.15, -0.1) is 0 Å². The molecule has 0 radical (unpaired) electrons. The van der Waals surface area contributed by atoms with Crippen LogP contribution in [0.4, 0.5) is 0 Å². The SMILES string of the molecule is CN(C(=O)c1ccccc1-n1cccc1)[C@@H]1COC[C@H]1O. The van der Waals surface area contributed by atoms with Gasteiger partial charge in [-0.2, -0.15) is 0 Å². The Hall–Kier alpha value is -2.11. The van der Waals surface area contributed by atoms with Crippen LogP contribution in [0.3, 0.4) is 0 Å². The van der Waals surface area contributed by atoms with Gasteiger partial charge in [0.25, 0.3) is 5.91 Å². The minimum Gasteiger partial charge on any atom is -0.388 e. The first-order valence-electron chi connectivity index (χ1n) is 6.94. The van der Waals surface area contributed by atoms with Gasteiger partial charge < -0.3 is 19.3 Å². The number of aliphatic hydroxyl groups is 1. The first-order chi connectivity index (χ1) is 10.2. The molecule has 0 spiro atoms. The third-order valence-corrected chi connectivity index (χ3v) is 3.86. The van der Waals surface area contributed by atoms with Crippen molar-refractivity contribution >= 4 is 5.91 Å². The predicted octanol–water partition coefficient (Wildman–Crippen LogP) is 1.31. The van der Waals surface area contributed by atoms with Crippen molar-refractivity contribution in [1.82, 2.24) is 9.47 Å². The van der Waals surface area contributed by atoms with Crippen LogP contribution in [-0.4, -0.2) is 52.9 Å². The van der Waals surface area contributed by atoms with Gasteiger partial charge in [-0.1, -0.05) is 12.1 Å². The number of rotatable bonds is 3. The number of nitrogens with zero attached hydrogens (tertiary/aromatic N) is 2. The highest BCUT2D eigenvalue weighted by atomic mass is 16.5. The Morgan fingerprint density at radius 2 is 1.95 bits per heavy atom. The molecule has 5 nitrogen and oxygen atoms in total. The lowest BCUT2D eigenvalue weighted by molar-refractivity contribution is 0.0581. The number of ether oxygens (including phenoxy) is 1. The number of likely N-dealkylation sites (N-methyl/N-ethyl adjacent to an activating group) is 1. The Morgan fingerprint density at radius 3 is 2.62 bits per heavy atom. The van der Waals surface area contributed by atoms with Crippen LogP contribution in [0.15, 0.2) is 48.8 Å². The number of carbonyl (C=O) groups excluding carboxylic acids is 1. The van der Waals surface area contributed by atoms with Gasteiger partial charge in [-0.3, -0.25) is 4.79 Å².